The maximum absolute atomic E-state index is 8.75. The molecule has 0 aromatic carbocycles. The highest BCUT2D eigenvalue weighted by molar-refractivity contribution is 4.53. The second kappa shape index (κ2) is 30.1. The molecule has 18 heavy (non-hydrogen) atoms. The standard InChI is InChI=1S/C8H18O.C3H8O.C2H6O.CH4O/c1-3-5-6-8(4-2)7-9;1-3(2)4;1-2-3;1-2/h8-9H,3-7H2,1-2H3;3-4H,1-2H3;3H,2H2,1H3;2H,1H3. The largest absolute Gasteiger partial charge is 0.400 e. The van der Waals surface area contributed by atoms with E-state index in [-0.39, 0.29) is 12.7 Å². The molecule has 116 valence electrons. The van der Waals surface area contributed by atoms with E-state index in [0.717, 1.165) is 13.5 Å². The third kappa shape index (κ3) is 56.8. The molecule has 0 rings (SSSR count). The van der Waals surface area contributed by atoms with Gasteiger partial charge >= 0.3 is 0 Å². The fraction of sp³-hybridized carbons (Fsp3) is 1.00. The van der Waals surface area contributed by atoms with Gasteiger partial charge in [-0.2, -0.15) is 0 Å². The van der Waals surface area contributed by atoms with Crippen molar-refractivity contribution in [2.24, 2.45) is 5.92 Å². The van der Waals surface area contributed by atoms with Gasteiger partial charge in [0.25, 0.3) is 0 Å². The number of hydrogen-bond donors (Lipinski definition) is 4. The first-order valence-electron chi connectivity index (χ1n) is 6.84. The predicted molar refractivity (Wildman–Crippen MR) is 78.6 cm³/mol. The van der Waals surface area contributed by atoms with E-state index in [1.54, 1.807) is 20.8 Å². The molecule has 1 atom stereocenters. The van der Waals surface area contributed by atoms with Gasteiger partial charge in [0.1, 0.15) is 0 Å². The zero-order valence-electron chi connectivity index (χ0n) is 13.2. The topological polar surface area (TPSA) is 80.9 Å². The van der Waals surface area contributed by atoms with Gasteiger partial charge in [-0.3, -0.25) is 0 Å². The van der Waals surface area contributed by atoms with E-state index in [1.165, 1.54) is 19.3 Å². The van der Waals surface area contributed by atoms with Crippen molar-refractivity contribution in [1.29, 1.82) is 0 Å². The van der Waals surface area contributed by atoms with Crippen LogP contribution in [-0.2, 0) is 0 Å². The van der Waals surface area contributed by atoms with Crippen molar-refractivity contribution in [2.75, 3.05) is 20.3 Å². The molecule has 4 heteroatoms. The molecule has 0 saturated carbocycles. The lowest BCUT2D eigenvalue weighted by Crippen LogP contribution is -2.03. The molecule has 0 saturated heterocycles. The van der Waals surface area contributed by atoms with E-state index < -0.39 is 0 Å². The number of unbranched alkanes of at least 4 members (excludes halogenated alkanes) is 1. The van der Waals surface area contributed by atoms with Crippen molar-refractivity contribution in [3.05, 3.63) is 0 Å². The molecule has 0 spiro atoms. The molecule has 0 aliphatic rings. The lowest BCUT2D eigenvalue weighted by Gasteiger charge is -2.08. The highest BCUT2D eigenvalue weighted by atomic mass is 16.3. The number of hydrogen-bond acceptors (Lipinski definition) is 4. The molecule has 1 unspecified atom stereocenters. The molecule has 0 radical (unpaired) electrons. The first-order chi connectivity index (χ1) is 8.49. The summed E-state index contributed by atoms with van der Waals surface area (Å²) in [7, 11) is 1.00. The third-order valence-electron chi connectivity index (χ3n) is 1.80. The Labute approximate surface area is 114 Å². The summed E-state index contributed by atoms with van der Waals surface area (Å²) in [5.74, 6) is 0.560. The van der Waals surface area contributed by atoms with Crippen LogP contribution in [0, 0.1) is 5.92 Å². The van der Waals surface area contributed by atoms with Crippen LogP contribution in [0.3, 0.4) is 0 Å². The lowest BCUT2D eigenvalue weighted by atomic mass is 10.0. The molecule has 4 nitrogen and oxygen atoms in total. The van der Waals surface area contributed by atoms with Crippen molar-refractivity contribution in [1.82, 2.24) is 0 Å². The SMILES string of the molecule is CC(C)O.CCCCC(CC)CO.CCO.CO. The molecular weight excluding hydrogens is 232 g/mol. The molecule has 0 aliphatic heterocycles. The van der Waals surface area contributed by atoms with Crippen LogP contribution in [0.1, 0.15) is 60.3 Å². The lowest BCUT2D eigenvalue weighted by molar-refractivity contribution is 0.212. The first-order valence-corrected chi connectivity index (χ1v) is 6.84. The Morgan fingerprint density at radius 2 is 1.28 bits per heavy atom. The zero-order valence-corrected chi connectivity index (χ0v) is 13.2. The molecule has 0 aromatic rings. The van der Waals surface area contributed by atoms with Crippen LogP contribution >= 0.6 is 0 Å². The second-order valence-electron chi connectivity index (χ2n) is 4.01. The van der Waals surface area contributed by atoms with Gasteiger partial charge in [-0.1, -0.05) is 33.1 Å². The Balaban J connectivity index is -0.0000000909. The minimum absolute atomic E-state index is 0.167. The Morgan fingerprint density at radius 3 is 1.44 bits per heavy atom. The van der Waals surface area contributed by atoms with Crippen LogP contribution < -0.4 is 0 Å². The highest BCUT2D eigenvalue weighted by Gasteiger charge is 2.01. The minimum Gasteiger partial charge on any atom is -0.400 e. The van der Waals surface area contributed by atoms with Crippen LogP contribution in [-0.4, -0.2) is 46.9 Å². The fourth-order valence-corrected chi connectivity index (χ4v) is 0.917. The second-order valence-corrected chi connectivity index (χ2v) is 4.01. The Kier molecular flexibility index (Phi) is 44.2. The molecule has 0 aromatic heterocycles. The molecule has 0 amide bonds. The predicted octanol–water partition coefficient (Wildman–Crippen LogP) is 2.19. The molecule has 0 aliphatic carbocycles. The molecule has 0 heterocycles. The molecule has 0 fully saturated rings. The summed E-state index contributed by atoms with van der Waals surface area (Å²) in [6, 6.07) is 0. The van der Waals surface area contributed by atoms with E-state index in [1.807, 2.05) is 0 Å². The first kappa shape index (κ1) is 26.4. The molecule has 0 bridgehead atoms. The summed E-state index contributed by atoms with van der Waals surface area (Å²) in [5, 5.41) is 31.4. The van der Waals surface area contributed by atoms with Crippen molar-refractivity contribution in [2.45, 2.75) is 66.4 Å². The van der Waals surface area contributed by atoms with Gasteiger partial charge < -0.3 is 20.4 Å². The normalized spacial score (nSPS) is 10.2. The summed E-state index contributed by atoms with van der Waals surface area (Å²) in [6.45, 7) is 10.1. The quantitative estimate of drug-likeness (QED) is 0.616. The van der Waals surface area contributed by atoms with Crippen LogP contribution in [0.15, 0.2) is 0 Å². The smallest absolute Gasteiger partial charge is 0.0483 e. The third-order valence-corrected chi connectivity index (χ3v) is 1.80. The van der Waals surface area contributed by atoms with Gasteiger partial charge in [0.05, 0.1) is 0 Å². The summed E-state index contributed by atoms with van der Waals surface area (Å²) in [5.41, 5.74) is 0. The van der Waals surface area contributed by atoms with E-state index >= 15 is 0 Å². The van der Waals surface area contributed by atoms with Gasteiger partial charge in [0.2, 0.25) is 0 Å². The van der Waals surface area contributed by atoms with E-state index in [2.05, 4.69) is 13.8 Å². The number of rotatable bonds is 5. The fourth-order valence-electron chi connectivity index (χ4n) is 0.917. The average molecular weight is 268 g/mol. The van der Waals surface area contributed by atoms with Crippen molar-refractivity contribution >= 4 is 0 Å². The number of aliphatic hydroxyl groups is 4. The van der Waals surface area contributed by atoms with Crippen molar-refractivity contribution in [3.63, 3.8) is 0 Å². The Hall–Kier alpha value is -0.160. The molecular formula is C14H36O4. The van der Waals surface area contributed by atoms with Crippen LogP contribution in [0.4, 0.5) is 0 Å². The van der Waals surface area contributed by atoms with Gasteiger partial charge in [-0.25, -0.2) is 0 Å². The Bertz CT molecular complexity index is 91.0. The Morgan fingerprint density at radius 1 is 0.944 bits per heavy atom. The summed E-state index contributed by atoms with van der Waals surface area (Å²) in [4.78, 5) is 0. The van der Waals surface area contributed by atoms with E-state index in [4.69, 9.17) is 20.4 Å². The van der Waals surface area contributed by atoms with Gasteiger partial charge in [0.15, 0.2) is 0 Å². The van der Waals surface area contributed by atoms with E-state index in [0.29, 0.717) is 12.5 Å². The van der Waals surface area contributed by atoms with Crippen LogP contribution in [0.5, 0.6) is 0 Å². The minimum atomic E-state index is -0.167. The van der Waals surface area contributed by atoms with E-state index in [9.17, 15) is 0 Å². The average Bonchev–Trinajstić information content (AvgIpc) is 2.33. The zero-order chi connectivity index (χ0) is 15.4. The maximum atomic E-state index is 8.75. The van der Waals surface area contributed by atoms with Crippen LogP contribution in [0.25, 0.3) is 0 Å². The van der Waals surface area contributed by atoms with Crippen molar-refractivity contribution < 1.29 is 20.4 Å². The summed E-state index contributed by atoms with van der Waals surface area (Å²) >= 11 is 0. The van der Waals surface area contributed by atoms with Crippen LogP contribution in [0.2, 0.25) is 0 Å². The van der Waals surface area contributed by atoms with Gasteiger partial charge in [-0.05, 0) is 33.1 Å². The molecule has 4 N–H and O–H groups in total. The van der Waals surface area contributed by atoms with Gasteiger partial charge in [-0.15, -0.1) is 0 Å². The highest BCUT2D eigenvalue weighted by Crippen LogP contribution is 2.10. The number of aliphatic hydroxyl groups excluding tert-OH is 4. The summed E-state index contributed by atoms with van der Waals surface area (Å²) < 4.78 is 0. The van der Waals surface area contributed by atoms with Crippen molar-refractivity contribution in [3.8, 4) is 0 Å². The maximum Gasteiger partial charge on any atom is 0.0483 e. The van der Waals surface area contributed by atoms with Gasteiger partial charge in [0, 0.05) is 26.4 Å². The summed E-state index contributed by atoms with van der Waals surface area (Å²) in [6.07, 6.45) is 4.66. The monoisotopic (exact) mass is 268 g/mol.